The summed E-state index contributed by atoms with van der Waals surface area (Å²) < 4.78 is 0. The van der Waals surface area contributed by atoms with E-state index in [2.05, 4.69) is 0 Å². The van der Waals surface area contributed by atoms with Crippen LogP contribution >= 0.6 is 0 Å². The number of hydrogen-bond donors (Lipinski definition) is 2. The Hall–Kier alpha value is -0.610. The van der Waals surface area contributed by atoms with E-state index in [0.717, 1.165) is 0 Å². The molecule has 1 atom stereocenters. The molecule has 4 nitrogen and oxygen atoms in total. The van der Waals surface area contributed by atoms with Crippen molar-refractivity contribution in [1.82, 2.24) is 4.90 Å². The van der Waals surface area contributed by atoms with Gasteiger partial charge in [0.15, 0.2) is 0 Å². The fourth-order valence-electron chi connectivity index (χ4n) is 0.715. The predicted octanol–water partition coefficient (Wildman–Crippen LogP) is -0.835. The molecule has 0 heterocycles. The number of carbonyl (C=O) groups is 1. The molecule has 0 rings (SSSR count). The van der Waals surface area contributed by atoms with Crippen molar-refractivity contribution in [1.29, 1.82) is 0 Å². The van der Waals surface area contributed by atoms with Crippen LogP contribution in [0.25, 0.3) is 0 Å². The zero-order valence-corrected chi connectivity index (χ0v) is 6.24. The topological polar surface area (TPSA) is 60.8 Å². The summed E-state index contributed by atoms with van der Waals surface area (Å²) in [7, 11) is 0. The number of aliphatic hydroxyl groups excluding tert-OH is 2. The minimum atomic E-state index is -0.815. The Morgan fingerprint density at radius 2 is 2.20 bits per heavy atom. The van der Waals surface area contributed by atoms with Crippen LogP contribution < -0.4 is 0 Å². The molecule has 0 radical (unpaired) electrons. The number of amides is 1. The molecular weight excluding hydrogens is 134 g/mol. The predicted molar refractivity (Wildman–Crippen MR) is 36.2 cm³/mol. The van der Waals surface area contributed by atoms with Crippen LogP contribution in [0, 0.1) is 0 Å². The van der Waals surface area contributed by atoms with Gasteiger partial charge < -0.3 is 15.1 Å². The molecule has 0 aliphatic rings. The third-order valence-corrected chi connectivity index (χ3v) is 1.20. The molecule has 60 valence electrons. The van der Waals surface area contributed by atoms with E-state index in [1.165, 1.54) is 18.7 Å². The Kier molecular flexibility index (Phi) is 3.99. The van der Waals surface area contributed by atoms with E-state index in [4.69, 9.17) is 10.2 Å². The molecule has 0 aliphatic heterocycles. The molecule has 0 fully saturated rings. The van der Waals surface area contributed by atoms with Crippen molar-refractivity contribution >= 4 is 5.91 Å². The van der Waals surface area contributed by atoms with Crippen LogP contribution in [0.1, 0.15) is 13.8 Å². The Bertz CT molecular complexity index is 114. The number of carbonyl (C=O) groups excluding carboxylic acids is 1. The van der Waals surface area contributed by atoms with Gasteiger partial charge in [-0.1, -0.05) is 0 Å². The van der Waals surface area contributed by atoms with Crippen molar-refractivity contribution in [3.8, 4) is 0 Å². The van der Waals surface area contributed by atoms with Crippen LogP contribution in [0.2, 0.25) is 0 Å². The lowest BCUT2D eigenvalue weighted by Crippen LogP contribution is -2.38. The highest BCUT2D eigenvalue weighted by molar-refractivity contribution is 5.73. The van der Waals surface area contributed by atoms with Crippen molar-refractivity contribution in [2.45, 2.75) is 20.1 Å². The van der Waals surface area contributed by atoms with E-state index in [0.29, 0.717) is 0 Å². The maximum atomic E-state index is 10.6. The summed E-state index contributed by atoms with van der Waals surface area (Å²) in [6.45, 7) is 2.90. The summed E-state index contributed by atoms with van der Waals surface area (Å²) in [6.07, 6.45) is -0.815. The highest BCUT2D eigenvalue weighted by atomic mass is 16.3. The minimum absolute atomic E-state index is 0.121. The van der Waals surface area contributed by atoms with Crippen molar-refractivity contribution in [2.75, 3.05) is 13.2 Å². The van der Waals surface area contributed by atoms with E-state index in [1.54, 1.807) is 0 Å². The number of rotatable bonds is 3. The van der Waals surface area contributed by atoms with Crippen LogP contribution in [-0.4, -0.2) is 40.4 Å². The summed E-state index contributed by atoms with van der Waals surface area (Å²) in [4.78, 5) is 11.8. The van der Waals surface area contributed by atoms with Crippen molar-refractivity contribution in [2.24, 2.45) is 0 Å². The van der Waals surface area contributed by atoms with Gasteiger partial charge in [-0.15, -0.1) is 0 Å². The van der Waals surface area contributed by atoms with E-state index in [1.807, 2.05) is 0 Å². The van der Waals surface area contributed by atoms with Gasteiger partial charge in [0.05, 0.1) is 6.61 Å². The van der Waals surface area contributed by atoms with Crippen LogP contribution in [-0.2, 0) is 4.79 Å². The quantitative estimate of drug-likeness (QED) is 0.512. The number of aliphatic hydroxyl groups is 2. The van der Waals surface area contributed by atoms with Gasteiger partial charge >= 0.3 is 0 Å². The van der Waals surface area contributed by atoms with Crippen LogP contribution in [0.15, 0.2) is 0 Å². The first kappa shape index (κ1) is 9.39. The third kappa shape index (κ3) is 2.80. The first-order valence-corrected chi connectivity index (χ1v) is 3.15. The Balaban J connectivity index is 3.85. The van der Waals surface area contributed by atoms with Gasteiger partial charge in [0.25, 0.3) is 0 Å². The molecule has 4 heteroatoms. The molecule has 1 unspecified atom stereocenters. The second kappa shape index (κ2) is 4.24. The molecule has 0 bridgehead atoms. The molecular formula is C6H13NO3. The van der Waals surface area contributed by atoms with Gasteiger partial charge in [0.1, 0.15) is 6.23 Å². The fourth-order valence-corrected chi connectivity index (χ4v) is 0.715. The van der Waals surface area contributed by atoms with E-state index >= 15 is 0 Å². The Morgan fingerprint density at radius 3 is 2.30 bits per heavy atom. The zero-order chi connectivity index (χ0) is 8.15. The van der Waals surface area contributed by atoms with Gasteiger partial charge in [-0.25, -0.2) is 0 Å². The molecule has 1 amide bonds. The van der Waals surface area contributed by atoms with Crippen LogP contribution in [0.3, 0.4) is 0 Å². The average molecular weight is 147 g/mol. The largest absolute Gasteiger partial charge is 0.395 e. The Morgan fingerprint density at radius 1 is 1.70 bits per heavy atom. The van der Waals surface area contributed by atoms with E-state index in [9.17, 15) is 4.79 Å². The lowest BCUT2D eigenvalue weighted by molar-refractivity contribution is -0.138. The molecule has 0 aromatic carbocycles. The first-order chi connectivity index (χ1) is 4.59. The number of hydrogen-bond acceptors (Lipinski definition) is 3. The van der Waals surface area contributed by atoms with Gasteiger partial charge in [-0.3, -0.25) is 4.79 Å². The maximum Gasteiger partial charge on any atom is 0.221 e. The zero-order valence-electron chi connectivity index (χ0n) is 6.24. The number of nitrogens with zero attached hydrogens (tertiary/aromatic N) is 1. The van der Waals surface area contributed by atoms with Gasteiger partial charge in [0, 0.05) is 13.5 Å². The smallest absolute Gasteiger partial charge is 0.221 e. The SMILES string of the molecule is CC(=O)N(CCO)C(C)O. The molecule has 0 aromatic rings. The van der Waals surface area contributed by atoms with Crippen molar-refractivity contribution < 1.29 is 15.0 Å². The maximum absolute atomic E-state index is 10.6. The fraction of sp³-hybridized carbons (Fsp3) is 0.833. The molecule has 10 heavy (non-hydrogen) atoms. The standard InChI is InChI=1S/C6H13NO3/c1-5(9)7(3-4-8)6(2)10/h5,8-9H,3-4H2,1-2H3. The normalized spacial score (nSPS) is 12.8. The average Bonchev–Trinajstić information content (AvgIpc) is 1.81. The monoisotopic (exact) mass is 147 g/mol. The summed E-state index contributed by atoms with van der Waals surface area (Å²) in [5.74, 6) is -0.232. The van der Waals surface area contributed by atoms with Gasteiger partial charge in [0.2, 0.25) is 5.91 Å². The lowest BCUT2D eigenvalue weighted by Gasteiger charge is -2.22. The summed E-state index contributed by atoms with van der Waals surface area (Å²) >= 11 is 0. The van der Waals surface area contributed by atoms with Crippen LogP contribution in [0.5, 0.6) is 0 Å². The van der Waals surface area contributed by atoms with Gasteiger partial charge in [-0.2, -0.15) is 0 Å². The lowest BCUT2D eigenvalue weighted by atomic mass is 10.4. The minimum Gasteiger partial charge on any atom is -0.395 e. The van der Waals surface area contributed by atoms with Gasteiger partial charge in [-0.05, 0) is 6.92 Å². The van der Waals surface area contributed by atoms with E-state index in [-0.39, 0.29) is 19.1 Å². The van der Waals surface area contributed by atoms with Crippen LogP contribution in [0.4, 0.5) is 0 Å². The molecule has 0 spiro atoms. The first-order valence-electron chi connectivity index (χ1n) is 3.15. The summed E-state index contributed by atoms with van der Waals surface area (Å²) in [5, 5.41) is 17.3. The highest BCUT2D eigenvalue weighted by Gasteiger charge is 2.11. The molecule has 0 saturated heterocycles. The summed E-state index contributed by atoms with van der Waals surface area (Å²) in [5.41, 5.74) is 0. The third-order valence-electron chi connectivity index (χ3n) is 1.20. The van der Waals surface area contributed by atoms with Crippen molar-refractivity contribution in [3.63, 3.8) is 0 Å². The molecule has 2 N–H and O–H groups in total. The highest BCUT2D eigenvalue weighted by Crippen LogP contribution is 1.94. The molecule has 0 aliphatic carbocycles. The van der Waals surface area contributed by atoms with Crippen molar-refractivity contribution in [3.05, 3.63) is 0 Å². The summed E-state index contributed by atoms with van der Waals surface area (Å²) in [6, 6.07) is 0. The second-order valence-corrected chi connectivity index (χ2v) is 2.07. The van der Waals surface area contributed by atoms with E-state index < -0.39 is 6.23 Å². The molecule has 0 aromatic heterocycles. The molecule has 0 saturated carbocycles. The Labute approximate surface area is 60.1 Å². The second-order valence-electron chi connectivity index (χ2n) is 2.07.